The Balaban J connectivity index is 1.67. The number of nitrogens with zero attached hydrogens (tertiary/aromatic N) is 1. The second-order valence-corrected chi connectivity index (χ2v) is 7.25. The second kappa shape index (κ2) is 7.15. The van der Waals surface area contributed by atoms with Gasteiger partial charge in [0.15, 0.2) is 0 Å². The Hall–Kier alpha value is -1.85. The quantitative estimate of drug-likeness (QED) is 0.554. The second-order valence-electron chi connectivity index (χ2n) is 6.30. The maximum atomic E-state index is 8.17. The lowest BCUT2D eigenvalue weighted by atomic mass is 9.95. The molecule has 23 heavy (non-hydrogen) atoms. The van der Waals surface area contributed by atoms with Crippen molar-refractivity contribution in [2.75, 3.05) is 37.8 Å². The maximum absolute atomic E-state index is 8.17. The van der Waals surface area contributed by atoms with Crippen LogP contribution < -0.4 is 10.6 Å². The smallest absolute Gasteiger partial charge is 0.140 e. The zero-order valence-corrected chi connectivity index (χ0v) is 14.5. The van der Waals surface area contributed by atoms with Gasteiger partial charge in [-0.3, -0.25) is 5.41 Å². The van der Waals surface area contributed by atoms with Crippen molar-refractivity contribution < 1.29 is 0 Å². The van der Waals surface area contributed by atoms with Crippen molar-refractivity contribution in [2.24, 2.45) is 0 Å². The molecular weight excluding hydrogens is 304 g/mol. The molecule has 0 bridgehead atoms. The number of nitrogens with one attached hydrogen (secondary N) is 3. The molecule has 1 atom stereocenters. The fraction of sp³-hybridized carbons (Fsp3) is 0.389. The summed E-state index contributed by atoms with van der Waals surface area (Å²) in [4.78, 5) is 3.20. The monoisotopic (exact) mass is 328 g/mol. The van der Waals surface area contributed by atoms with Crippen LogP contribution in [0.5, 0.6) is 0 Å². The zero-order chi connectivity index (χ0) is 16.2. The van der Waals surface area contributed by atoms with Gasteiger partial charge in [0, 0.05) is 23.8 Å². The molecule has 2 heterocycles. The first kappa shape index (κ1) is 16.0. The van der Waals surface area contributed by atoms with E-state index in [4.69, 9.17) is 5.41 Å². The first-order valence-electron chi connectivity index (χ1n) is 8.05. The average Bonchev–Trinajstić information content (AvgIpc) is 3.17. The average molecular weight is 328 g/mol. The standard InChI is InChI=1S/C18H24N4S/c1-22(2)9-3-5-13-12-20-16-8-7-14(11-15(13)16)21-18(19)17-6-4-10-23-17/h4,6-8,10-11,13,20H,3,5,9,12H2,1-2H3,(H2,19,21). The van der Waals surface area contributed by atoms with Crippen LogP contribution >= 0.6 is 11.3 Å². The molecule has 4 nitrogen and oxygen atoms in total. The summed E-state index contributed by atoms with van der Waals surface area (Å²) in [6, 6.07) is 10.3. The molecule has 1 aromatic carbocycles. The fourth-order valence-corrected chi connectivity index (χ4v) is 3.65. The van der Waals surface area contributed by atoms with Crippen LogP contribution in [0.25, 0.3) is 0 Å². The molecule has 1 unspecified atom stereocenters. The lowest BCUT2D eigenvalue weighted by Gasteiger charge is -2.14. The van der Waals surface area contributed by atoms with E-state index in [0.29, 0.717) is 11.8 Å². The Bertz CT molecular complexity index is 664. The van der Waals surface area contributed by atoms with Gasteiger partial charge in [-0.1, -0.05) is 6.07 Å². The number of hydrogen-bond donors (Lipinski definition) is 3. The predicted molar refractivity (Wildman–Crippen MR) is 100 cm³/mol. The van der Waals surface area contributed by atoms with Crippen LogP contribution in [0.4, 0.5) is 11.4 Å². The number of amidine groups is 1. The van der Waals surface area contributed by atoms with Crippen molar-refractivity contribution in [3.05, 3.63) is 46.2 Å². The molecule has 0 aliphatic carbocycles. The maximum Gasteiger partial charge on any atom is 0.140 e. The number of fused-ring (bicyclic) bond motifs is 1. The minimum atomic E-state index is 0.468. The molecule has 2 aromatic rings. The number of rotatable bonds is 6. The molecule has 3 N–H and O–H groups in total. The van der Waals surface area contributed by atoms with Gasteiger partial charge in [0.05, 0.1) is 4.88 Å². The minimum absolute atomic E-state index is 0.468. The Labute approximate surface area is 142 Å². The molecule has 1 aromatic heterocycles. The first-order valence-corrected chi connectivity index (χ1v) is 8.93. The van der Waals surface area contributed by atoms with Crippen molar-refractivity contribution in [3.8, 4) is 0 Å². The molecule has 0 spiro atoms. The lowest BCUT2D eigenvalue weighted by molar-refractivity contribution is 0.387. The summed E-state index contributed by atoms with van der Waals surface area (Å²) in [7, 11) is 4.25. The summed E-state index contributed by atoms with van der Waals surface area (Å²) in [6.07, 6.45) is 2.41. The van der Waals surface area contributed by atoms with Crippen LogP contribution in [0.1, 0.15) is 29.2 Å². The highest BCUT2D eigenvalue weighted by Gasteiger charge is 2.22. The van der Waals surface area contributed by atoms with E-state index in [-0.39, 0.29) is 0 Å². The number of benzene rings is 1. The topological polar surface area (TPSA) is 51.1 Å². The Morgan fingerprint density at radius 3 is 3.00 bits per heavy atom. The van der Waals surface area contributed by atoms with Crippen LogP contribution in [0.2, 0.25) is 0 Å². The third-order valence-corrected chi connectivity index (χ3v) is 5.11. The van der Waals surface area contributed by atoms with Gasteiger partial charge in [-0.2, -0.15) is 0 Å². The minimum Gasteiger partial charge on any atom is -0.384 e. The van der Waals surface area contributed by atoms with Crippen LogP contribution in [-0.4, -0.2) is 37.9 Å². The van der Waals surface area contributed by atoms with Gasteiger partial charge < -0.3 is 15.5 Å². The Morgan fingerprint density at radius 2 is 2.26 bits per heavy atom. The van der Waals surface area contributed by atoms with Crippen molar-refractivity contribution in [1.82, 2.24) is 4.90 Å². The lowest BCUT2D eigenvalue weighted by Crippen LogP contribution is -2.14. The Morgan fingerprint density at radius 1 is 1.39 bits per heavy atom. The van der Waals surface area contributed by atoms with Crippen LogP contribution in [-0.2, 0) is 0 Å². The van der Waals surface area contributed by atoms with Gasteiger partial charge in [0.25, 0.3) is 0 Å². The van der Waals surface area contributed by atoms with E-state index in [2.05, 4.69) is 47.8 Å². The van der Waals surface area contributed by atoms with Gasteiger partial charge in [0.1, 0.15) is 5.84 Å². The van der Waals surface area contributed by atoms with E-state index in [0.717, 1.165) is 23.7 Å². The number of anilines is 2. The van der Waals surface area contributed by atoms with Gasteiger partial charge in [-0.25, -0.2) is 0 Å². The first-order chi connectivity index (χ1) is 11.1. The third-order valence-electron chi connectivity index (χ3n) is 4.23. The summed E-state index contributed by atoms with van der Waals surface area (Å²) in [6.45, 7) is 2.15. The SMILES string of the molecule is CN(C)CCCC1CNc2ccc(NC(=N)c3cccs3)cc21. The van der Waals surface area contributed by atoms with Crippen LogP contribution in [0.15, 0.2) is 35.7 Å². The van der Waals surface area contributed by atoms with Gasteiger partial charge in [-0.05, 0) is 68.7 Å². The molecule has 5 heteroatoms. The predicted octanol–water partition coefficient (Wildman–Crippen LogP) is 4.04. The van der Waals surface area contributed by atoms with E-state index in [1.165, 1.54) is 24.1 Å². The molecule has 1 aliphatic heterocycles. The number of hydrogen-bond acceptors (Lipinski definition) is 4. The van der Waals surface area contributed by atoms with Crippen molar-refractivity contribution in [3.63, 3.8) is 0 Å². The fourth-order valence-electron chi connectivity index (χ4n) is 3.02. The van der Waals surface area contributed by atoms with Crippen molar-refractivity contribution >= 4 is 28.5 Å². The summed E-state index contributed by atoms with van der Waals surface area (Å²) in [5.41, 5.74) is 3.63. The highest BCUT2D eigenvalue weighted by molar-refractivity contribution is 7.12. The van der Waals surface area contributed by atoms with Gasteiger partial charge >= 0.3 is 0 Å². The normalized spacial score (nSPS) is 16.2. The van der Waals surface area contributed by atoms with Crippen LogP contribution in [0, 0.1) is 5.41 Å². The van der Waals surface area contributed by atoms with Crippen LogP contribution in [0.3, 0.4) is 0 Å². The summed E-state index contributed by atoms with van der Waals surface area (Å²) in [5, 5.41) is 16.9. The molecule has 0 saturated carbocycles. The summed E-state index contributed by atoms with van der Waals surface area (Å²) >= 11 is 1.59. The molecule has 0 radical (unpaired) electrons. The van der Waals surface area contributed by atoms with Crippen molar-refractivity contribution in [1.29, 1.82) is 5.41 Å². The van der Waals surface area contributed by atoms with E-state index in [9.17, 15) is 0 Å². The summed E-state index contributed by atoms with van der Waals surface area (Å²) in [5.74, 6) is 1.04. The molecule has 0 fully saturated rings. The van der Waals surface area contributed by atoms with Gasteiger partial charge in [0.2, 0.25) is 0 Å². The highest BCUT2D eigenvalue weighted by atomic mass is 32.1. The molecular formula is C18H24N4S. The van der Waals surface area contributed by atoms with E-state index in [1.807, 2.05) is 17.5 Å². The van der Waals surface area contributed by atoms with E-state index >= 15 is 0 Å². The number of thiophene rings is 1. The molecule has 3 rings (SSSR count). The highest BCUT2D eigenvalue weighted by Crippen LogP contribution is 2.36. The third kappa shape index (κ3) is 3.92. The largest absolute Gasteiger partial charge is 0.384 e. The summed E-state index contributed by atoms with van der Waals surface area (Å²) < 4.78 is 0. The van der Waals surface area contributed by atoms with E-state index in [1.54, 1.807) is 11.3 Å². The molecule has 0 saturated heterocycles. The Kier molecular flexibility index (Phi) is 4.98. The molecule has 122 valence electrons. The zero-order valence-electron chi connectivity index (χ0n) is 13.7. The van der Waals surface area contributed by atoms with Gasteiger partial charge in [-0.15, -0.1) is 11.3 Å². The molecule has 0 amide bonds. The van der Waals surface area contributed by atoms with E-state index < -0.39 is 0 Å². The van der Waals surface area contributed by atoms with Crippen molar-refractivity contribution in [2.45, 2.75) is 18.8 Å². The molecule has 1 aliphatic rings.